The molecule has 0 aliphatic heterocycles. The van der Waals surface area contributed by atoms with Crippen molar-refractivity contribution < 1.29 is 17.6 Å². The van der Waals surface area contributed by atoms with Gasteiger partial charge in [0.1, 0.15) is 17.2 Å². The third-order valence-electron chi connectivity index (χ3n) is 2.07. The smallest absolute Gasteiger partial charge is 0.260 e. The molecule has 1 rings (SSSR count). The highest BCUT2D eigenvalue weighted by Gasteiger charge is 2.35. The van der Waals surface area contributed by atoms with Crippen LogP contribution in [0.5, 0.6) is 0 Å². The molecule has 0 amide bonds. The van der Waals surface area contributed by atoms with Gasteiger partial charge in [0, 0.05) is 5.56 Å². The lowest BCUT2D eigenvalue weighted by atomic mass is 9.93. The van der Waals surface area contributed by atoms with Gasteiger partial charge in [-0.1, -0.05) is 6.07 Å². The van der Waals surface area contributed by atoms with Crippen molar-refractivity contribution in [2.45, 2.75) is 18.9 Å². The maximum atomic E-state index is 13.4. The lowest BCUT2D eigenvalue weighted by Crippen LogP contribution is -2.41. The molecule has 0 bridgehead atoms. The number of nitrogens with two attached hydrogens (primary N) is 1. The molecule has 0 aromatic heterocycles. The van der Waals surface area contributed by atoms with Crippen LogP contribution in [0.2, 0.25) is 0 Å². The average Bonchev–Trinajstić information content (AvgIpc) is 2.13. The van der Waals surface area contributed by atoms with Crippen molar-refractivity contribution in [3.8, 4) is 0 Å². The number of alkyl halides is 2. The molecule has 0 heterocycles. The fraction of sp³-hybridized carbons (Fsp3) is 0.333. The summed E-state index contributed by atoms with van der Waals surface area (Å²) in [7, 11) is 0. The van der Waals surface area contributed by atoms with E-state index in [0.717, 1.165) is 19.1 Å². The molecule has 0 saturated carbocycles. The quantitative estimate of drug-likeness (QED) is 0.656. The first kappa shape index (κ1) is 12.4. The van der Waals surface area contributed by atoms with E-state index in [0.29, 0.717) is 0 Å². The van der Waals surface area contributed by atoms with E-state index in [2.05, 4.69) is 15.9 Å². The number of benzene rings is 1. The summed E-state index contributed by atoms with van der Waals surface area (Å²) in [6.45, 7) is 0.987. The van der Waals surface area contributed by atoms with E-state index in [1.54, 1.807) is 0 Å². The van der Waals surface area contributed by atoms with Gasteiger partial charge in [-0.2, -0.15) is 0 Å². The van der Waals surface area contributed by atoms with Crippen LogP contribution >= 0.6 is 15.9 Å². The third kappa shape index (κ3) is 2.15. The molecule has 15 heavy (non-hydrogen) atoms. The normalized spacial score (nSPS) is 15.5. The Morgan fingerprint density at radius 1 is 1.33 bits per heavy atom. The van der Waals surface area contributed by atoms with Gasteiger partial charge < -0.3 is 5.73 Å². The molecule has 2 N–H and O–H groups in total. The Labute approximate surface area is 92.4 Å². The van der Waals surface area contributed by atoms with E-state index in [-0.39, 0.29) is 0 Å². The number of halogens is 5. The van der Waals surface area contributed by atoms with Crippen molar-refractivity contribution in [3.05, 3.63) is 33.8 Å². The number of hydrogen-bond donors (Lipinski definition) is 1. The van der Waals surface area contributed by atoms with E-state index in [1.807, 2.05) is 0 Å². The summed E-state index contributed by atoms with van der Waals surface area (Å²) in [5.74, 6) is -1.96. The molecule has 0 fully saturated rings. The molecule has 0 aliphatic carbocycles. The minimum absolute atomic E-state index is 0.425. The zero-order valence-electron chi connectivity index (χ0n) is 7.70. The monoisotopic (exact) mass is 285 g/mol. The Hall–Kier alpha value is -0.620. The predicted octanol–water partition coefficient (Wildman–Crippen LogP) is 3.17. The molecule has 84 valence electrons. The minimum atomic E-state index is -2.94. The van der Waals surface area contributed by atoms with Crippen molar-refractivity contribution in [1.82, 2.24) is 0 Å². The summed E-state index contributed by atoms with van der Waals surface area (Å²) < 4.78 is 50.8. The van der Waals surface area contributed by atoms with Crippen LogP contribution in [0.15, 0.2) is 16.6 Å². The maximum Gasteiger partial charge on any atom is 0.260 e. The Morgan fingerprint density at radius 2 is 1.87 bits per heavy atom. The zero-order chi connectivity index (χ0) is 11.8. The van der Waals surface area contributed by atoms with Crippen LogP contribution in [0.4, 0.5) is 17.6 Å². The lowest BCUT2D eigenvalue weighted by molar-refractivity contribution is 0.0603. The van der Waals surface area contributed by atoms with Crippen molar-refractivity contribution in [3.63, 3.8) is 0 Å². The summed E-state index contributed by atoms with van der Waals surface area (Å²) in [5.41, 5.74) is 2.70. The van der Waals surface area contributed by atoms with Crippen molar-refractivity contribution >= 4 is 15.9 Å². The van der Waals surface area contributed by atoms with Gasteiger partial charge in [0.25, 0.3) is 6.43 Å². The van der Waals surface area contributed by atoms with Crippen LogP contribution in [0.3, 0.4) is 0 Å². The van der Waals surface area contributed by atoms with Crippen LogP contribution < -0.4 is 5.73 Å². The Kier molecular flexibility index (Phi) is 3.40. The average molecular weight is 286 g/mol. The summed E-state index contributed by atoms with van der Waals surface area (Å²) in [6, 6.07) is 1.80. The standard InChI is InChI=1S/C9H8BrF4N/c1-9(15,8(13)14)4-2-3-5(11)6(10)7(4)12/h2-3,8H,15H2,1H3. The minimum Gasteiger partial charge on any atom is -0.317 e. The molecular formula is C9H8BrF4N. The molecule has 0 spiro atoms. The van der Waals surface area contributed by atoms with Crippen LogP contribution in [0.1, 0.15) is 12.5 Å². The van der Waals surface area contributed by atoms with Crippen molar-refractivity contribution in [2.75, 3.05) is 0 Å². The Morgan fingerprint density at radius 3 is 2.33 bits per heavy atom. The fourth-order valence-electron chi connectivity index (χ4n) is 1.06. The Balaban J connectivity index is 3.34. The van der Waals surface area contributed by atoms with Gasteiger partial charge in [-0.05, 0) is 28.9 Å². The molecule has 0 radical (unpaired) electrons. The van der Waals surface area contributed by atoms with Crippen molar-refractivity contribution in [1.29, 1.82) is 0 Å². The second-order valence-electron chi connectivity index (χ2n) is 3.31. The molecular weight excluding hydrogens is 278 g/mol. The summed E-state index contributed by atoms with van der Waals surface area (Å²) in [5, 5.41) is 0. The van der Waals surface area contributed by atoms with Gasteiger partial charge in [0.15, 0.2) is 0 Å². The van der Waals surface area contributed by atoms with Crippen molar-refractivity contribution in [2.24, 2.45) is 5.73 Å². The summed E-state index contributed by atoms with van der Waals surface area (Å²) in [6.07, 6.45) is -2.94. The van der Waals surface area contributed by atoms with E-state index >= 15 is 0 Å². The fourth-order valence-corrected chi connectivity index (χ4v) is 1.41. The second kappa shape index (κ2) is 4.09. The molecule has 1 nitrogen and oxygen atoms in total. The molecule has 0 aliphatic rings. The molecule has 1 unspecified atom stereocenters. The second-order valence-corrected chi connectivity index (χ2v) is 4.10. The first-order valence-corrected chi connectivity index (χ1v) is 4.78. The van der Waals surface area contributed by atoms with Crippen LogP contribution in [-0.4, -0.2) is 6.43 Å². The number of rotatable bonds is 2. The number of hydrogen-bond acceptors (Lipinski definition) is 1. The van der Waals surface area contributed by atoms with E-state index in [9.17, 15) is 17.6 Å². The highest BCUT2D eigenvalue weighted by Crippen LogP contribution is 2.31. The van der Waals surface area contributed by atoms with E-state index in [1.165, 1.54) is 0 Å². The van der Waals surface area contributed by atoms with Gasteiger partial charge in [-0.25, -0.2) is 17.6 Å². The van der Waals surface area contributed by atoms with E-state index in [4.69, 9.17) is 5.73 Å². The molecule has 1 atom stereocenters. The van der Waals surface area contributed by atoms with Crippen LogP contribution in [0, 0.1) is 11.6 Å². The molecule has 1 aromatic carbocycles. The van der Waals surface area contributed by atoms with Crippen LogP contribution in [-0.2, 0) is 5.54 Å². The Bertz CT molecular complexity index is 379. The topological polar surface area (TPSA) is 26.0 Å². The maximum absolute atomic E-state index is 13.4. The SMILES string of the molecule is CC(N)(c1ccc(F)c(Br)c1F)C(F)F. The summed E-state index contributed by atoms with van der Waals surface area (Å²) >= 11 is 2.62. The zero-order valence-corrected chi connectivity index (χ0v) is 9.29. The first-order valence-electron chi connectivity index (χ1n) is 3.99. The third-order valence-corrected chi connectivity index (χ3v) is 2.80. The van der Waals surface area contributed by atoms with E-state index < -0.39 is 33.6 Å². The lowest BCUT2D eigenvalue weighted by Gasteiger charge is -2.24. The van der Waals surface area contributed by atoms with Gasteiger partial charge in [-0.15, -0.1) is 0 Å². The van der Waals surface area contributed by atoms with Gasteiger partial charge in [0.2, 0.25) is 0 Å². The van der Waals surface area contributed by atoms with Gasteiger partial charge >= 0.3 is 0 Å². The molecule has 0 saturated heterocycles. The highest BCUT2D eigenvalue weighted by atomic mass is 79.9. The largest absolute Gasteiger partial charge is 0.317 e. The van der Waals surface area contributed by atoms with Gasteiger partial charge in [-0.3, -0.25) is 0 Å². The first-order chi connectivity index (χ1) is 6.78. The predicted molar refractivity (Wildman–Crippen MR) is 51.6 cm³/mol. The van der Waals surface area contributed by atoms with Crippen LogP contribution in [0.25, 0.3) is 0 Å². The molecule has 6 heteroatoms. The molecule has 1 aromatic rings. The summed E-state index contributed by atoms with van der Waals surface area (Å²) in [4.78, 5) is 0. The van der Waals surface area contributed by atoms with Gasteiger partial charge in [0.05, 0.1) is 4.47 Å². The highest BCUT2D eigenvalue weighted by molar-refractivity contribution is 9.10.